The number of nitrogens with zero attached hydrogens (tertiary/aromatic N) is 1. The quantitative estimate of drug-likeness (QED) is 0.730. The third-order valence-corrected chi connectivity index (χ3v) is 2.99. The molecule has 0 spiro atoms. The first-order valence-electron chi connectivity index (χ1n) is 6.66. The lowest BCUT2D eigenvalue weighted by Crippen LogP contribution is -2.37. The third kappa shape index (κ3) is 4.92. The van der Waals surface area contributed by atoms with Crippen LogP contribution >= 0.6 is 0 Å². The number of hydrogen-bond acceptors (Lipinski definition) is 2. The summed E-state index contributed by atoms with van der Waals surface area (Å²) in [6, 6.07) is 4.22. The van der Waals surface area contributed by atoms with Gasteiger partial charge in [0.2, 0.25) is 0 Å². The first-order chi connectivity index (χ1) is 8.09. The summed E-state index contributed by atoms with van der Waals surface area (Å²) in [4.78, 5) is 0. The van der Waals surface area contributed by atoms with E-state index < -0.39 is 5.60 Å². The van der Waals surface area contributed by atoms with Crippen molar-refractivity contribution in [2.45, 2.75) is 58.7 Å². The van der Waals surface area contributed by atoms with Crippen LogP contribution in [0.4, 0.5) is 0 Å². The van der Waals surface area contributed by atoms with E-state index in [0.29, 0.717) is 6.54 Å². The highest BCUT2D eigenvalue weighted by molar-refractivity contribution is 5.06. The molecule has 3 heteroatoms. The van der Waals surface area contributed by atoms with Gasteiger partial charge in [-0.05, 0) is 31.9 Å². The van der Waals surface area contributed by atoms with Gasteiger partial charge in [-0.1, -0.05) is 20.3 Å². The summed E-state index contributed by atoms with van der Waals surface area (Å²) in [5.41, 5.74) is 0.704. The van der Waals surface area contributed by atoms with Gasteiger partial charge in [-0.3, -0.25) is 0 Å². The standard InChI is InChI=1S/C14H26N2O/c1-4-8-14(3,17)12-15-11-13-7-6-10-16(13)9-5-2/h6-7,10,15,17H,4-5,8-9,11-12H2,1-3H3. The van der Waals surface area contributed by atoms with Gasteiger partial charge in [0.1, 0.15) is 0 Å². The van der Waals surface area contributed by atoms with Gasteiger partial charge in [0.15, 0.2) is 0 Å². The molecule has 1 rings (SSSR count). The number of nitrogens with one attached hydrogen (secondary N) is 1. The van der Waals surface area contributed by atoms with Crippen LogP contribution in [-0.4, -0.2) is 21.8 Å². The number of aliphatic hydroxyl groups is 1. The van der Waals surface area contributed by atoms with Crippen LogP contribution in [0.5, 0.6) is 0 Å². The monoisotopic (exact) mass is 238 g/mol. The SMILES string of the molecule is CCCn1cccc1CNCC(C)(O)CCC. The molecule has 1 aromatic rings. The van der Waals surface area contributed by atoms with Crippen molar-refractivity contribution in [3.8, 4) is 0 Å². The fourth-order valence-electron chi connectivity index (χ4n) is 2.16. The Labute approximate surface area is 105 Å². The largest absolute Gasteiger partial charge is 0.389 e. The molecular formula is C14H26N2O. The van der Waals surface area contributed by atoms with Crippen molar-refractivity contribution >= 4 is 0 Å². The molecule has 0 aliphatic heterocycles. The third-order valence-electron chi connectivity index (χ3n) is 2.99. The topological polar surface area (TPSA) is 37.2 Å². The zero-order valence-electron chi connectivity index (χ0n) is 11.4. The second kappa shape index (κ2) is 6.82. The highest BCUT2D eigenvalue weighted by Gasteiger charge is 2.18. The second-order valence-corrected chi connectivity index (χ2v) is 5.04. The summed E-state index contributed by atoms with van der Waals surface area (Å²) in [5.74, 6) is 0. The maximum Gasteiger partial charge on any atom is 0.0743 e. The lowest BCUT2D eigenvalue weighted by molar-refractivity contribution is 0.0496. The molecule has 0 aliphatic carbocycles. The van der Waals surface area contributed by atoms with E-state index in [1.165, 1.54) is 5.69 Å². The normalized spacial score (nSPS) is 14.8. The second-order valence-electron chi connectivity index (χ2n) is 5.04. The van der Waals surface area contributed by atoms with Crippen molar-refractivity contribution in [2.24, 2.45) is 0 Å². The van der Waals surface area contributed by atoms with Gasteiger partial charge >= 0.3 is 0 Å². The van der Waals surface area contributed by atoms with Gasteiger partial charge in [-0.25, -0.2) is 0 Å². The van der Waals surface area contributed by atoms with E-state index in [9.17, 15) is 5.11 Å². The number of aryl methyl sites for hydroxylation is 1. The zero-order valence-corrected chi connectivity index (χ0v) is 11.4. The molecule has 98 valence electrons. The summed E-state index contributed by atoms with van der Waals surface area (Å²) >= 11 is 0. The average Bonchev–Trinajstić information content (AvgIpc) is 2.66. The Morgan fingerprint density at radius 1 is 1.35 bits per heavy atom. The average molecular weight is 238 g/mol. The van der Waals surface area contributed by atoms with Gasteiger partial charge in [-0.2, -0.15) is 0 Å². The molecular weight excluding hydrogens is 212 g/mol. The van der Waals surface area contributed by atoms with Gasteiger partial charge in [0.25, 0.3) is 0 Å². The van der Waals surface area contributed by atoms with Crippen LogP contribution in [-0.2, 0) is 13.1 Å². The van der Waals surface area contributed by atoms with Crippen LogP contribution < -0.4 is 5.32 Å². The van der Waals surface area contributed by atoms with Crippen LogP contribution in [0.15, 0.2) is 18.3 Å². The molecule has 0 radical (unpaired) electrons. The van der Waals surface area contributed by atoms with E-state index >= 15 is 0 Å². The summed E-state index contributed by atoms with van der Waals surface area (Å²) in [7, 11) is 0. The number of hydrogen-bond donors (Lipinski definition) is 2. The molecule has 2 N–H and O–H groups in total. The van der Waals surface area contributed by atoms with E-state index in [2.05, 4.69) is 42.1 Å². The lowest BCUT2D eigenvalue weighted by atomic mass is 10.0. The first-order valence-corrected chi connectivity index (χ1v) is 6.66. The Morgan fingerprint density at radius 3 is 2.76 bits per heavy atom. The summed E-state index contributed by atoms with van der Waals surface area (Å²) in [6.07, 6.45) is 5.12. The number of rotatable bonds is 8. The van der Waals surface area contributed by atoms with Crippen molar-refractivity contribution < 1.29 is 5.11 Å². The van der Waals surface area contributed by atoms with E-state index in [-0.39, 0.29) is 0 Å². The highest BCUT2D eigenvalue weighted by atomic mass is 16.3. The van der Waals surface area contributed by atoms with Crippen molar-refractivity contribution in [3.05, 3.63) is 24.0 Å². The fraction of sp³-hybridized carbons (Fsp3) is 0.714. The summed E-state index contributed by atoms with van der Waals surface area (Å²) < 4.78 is 2.27. The Hall–Kier alpha value is -0.800. The van der Waals surface area contributed by atoms with Crippen molar-refractivity contribution in [2.75, 3.05) is 6.54 Å². The predicted molar refractivity (Wildman–Crippen MR) is 72.0 cm³/mol. The van der Waals surface area contributed by atoms with Crippen LogP contribution in [0.3, 0.4) is 0 Å². The molecule has 17 heavy (non-hydrogen) atoms. The molecule has 1 heterocycles. The van der Waals surface area contributed by atoms with Crippen LogP contribution in [0.25, 0.3) is 0 Å². The highest BCUT2D eigenvalue weighted by Crippen LogP contribution is 2.10. The van der Waals surface area contributed by atoms with E-state index in [1.807, 2.05) is 6.92 Å². The van der Waals surface area contributed by atoms with Gasteiger partial charge in [-0.15, -0.1) is 0 Å². The molecule has 1 atom stereocenters. The molecule has 0 bridgehead atoms. The Kier molecular flexibility index (Phi) is 5.72. The zero-order chi connectivity index (χ0) is 12.7. The Bertz CT molecular complexity index is 318. The van der Waals surface area contributed by atoms with Crippen molar-refractivity contribution in [1.82, 2.24) is 9.88 Å². The van der Waals surface area contributed by atoms with Crippen molar-refractivity contribution in [1.29, 1.82) is 0 Å². The van der Waals surface area contributed by atoms with Gasteiger partial charge in [0.05, 0.1) is 5.60 Å². The lowest BCUT2D eigenvalue weighted by Gasteiger charge is -2.23. The molecule has 1 aromatic heterocycles. The maximum atomic E-state index is 10.0. The van der Waals surface area contributed by atoms with Crippen LogP contribution in [0, 0.1) is 0 Å². The smallest absolute Gasteiger partial charge is 0.0743 e. The molecule has 0 aliphatic rings. The molecule has 0 fully saturated rings. The molecule has 0 amide bonds. The number of aromatic nitrogens is 1. The van der Waals surface area contributed by atoms with Crippen molar-refractivity contribution in [3.63, 3.8) is 0 Å². The van der Waals surface area contributed by atoms with Crippen LogP contribution in [0.2, 0.25) is 0 Å². The molecule has 0 saturated heterocycles. The molecule has 0 saturated carbocycles. The van der Waals surface area contributed by atoms with E-state index in [0.717, 1.165) is 32.4 Å². The Balaban J connectivity index is 2.37. The molecule has 3 nitrogen and oxygen atoms in total. The predicted octanol–water partition coefficient (Wildman–Crippen LogP) is 2.54. The Morgan fingerprint density at radius 2 is 2.12 bits per heavy atom. The summed E-state index contributed by atoms with van der Waals surface area (Å²) in [6.45, 7) is 8.72. The van der Waals surface area contributed by atoms with E-state index in [4.69, 9.17) is 0 Å². The van der Waals surface area contributed by atoms with Crippen LogP contribution in [0.1, 0.15) is 45.7 Å². The fourth-order valence-corrected chi connectivity index (χ4v) is 2.16. The van der Waals surface area contributed by atoms with Gasteiger partial charge < -0.3 is 15.0 Å². The molecule has 1 unspecified atom stereocenters. The minimum Gasteiger partial charge on any atom is -0.389 e. The van der Waals surface area contributed by atoms with E-state index in [1.54, 1.807) is 0 Å². The van der Waals surface area contributed by atoms with Gasteiger partial charge in [0, 0.05) is 31.5 Å². The summed E-state index contributed by atoms with van der Waals surface area (Å²) in [5, 5.41) is 13.4. The molecule has 0 aromatic carbocycles. The first kappa shape index (κ1) is 14.3. The minimum absolute atomic E-state index is 0.586. The maximum absolute atomic E-state index is 10.0. The minimum atomic E-state index is -0.586.